The van der Waals surface area contributed by atoms with Crippen LogP contribution in [0.3, 0.4) is 0 Å². The highest BCUT2D eigenvalue weighted by Crippen LogP contribution is 2.24. The second kappa shape index (κ2) is 12.4. The average molecular weight is 514 g/mol. The highest BCUT2D eigenvalue weighted by molar-refractivity contribution is 6.04. The summed E-state index contributed by atoms with van der Waals surface area (Å²) in [7, 11) is 2.16. The van der Waals surface area contributed by atoms with Crippen LogP contribution in [-0.4, -0.2) is 63.9 Å². The molecule has 38 heavy (non-hydrogen) atoms. The maximum Gasteiger partial charge on any atom is 0.255 e. The number of nitrogens with one attached hydrogen (secondary N) is 2. The van der Waals surface area contributed by atoms with Gasteiger partial charge in [-0.05, 0) is 67.6 Å². The fourth-order valence-electron chi connectivity index (χ4n) is 4.28. The summed E-state index contributed by atoms with van der Waals surface area (Å²) >= 11 is 0. The molecule has 2 aromatic carbocycles. The number of anilines is 3. The van der Waals surface area contributed by atoms with Crippen molar-refractivity contribution in [2.45, 2.75) is 13.5 Å². The third-order valence-corrected chi connectivity index (χ3v) is 6.57. The Balaban J connectivity index is 0.00000336. The summed E-state index contributed by atoms with van der Waals surface area (Å²) < 4.78 is 0. The van der Waals surface area contributed by atoms with E-state index in [9.17, 15) is 4.79 Å². The van der Waals surface area contributed by atoms with Gasteiger partial charge in [-0.15, -0.1) is 0 Å². The Labute approximate surface area is 222 Å². The molecule has 9 heteroatoms. The van der Waals surface area contributed by atoms with Crippen molar-refractivity contribution in [3.05, 3.63) is 95.9 Å². The molecule has 3 heterocycles. The standard InChI is InChI=1S/C29H31N7O.FH/c1-21-5-10-25(18-27(21)34-29-31-13-11-26(33-29)24-4-3-12-30-19-24)32-28(37)23-8-6-22(7-9-23)20-36-16-14-35(2)15-17-36;/h3-13,18-19H,14-17,20H2,1-2H3,(H,32,37)(H,31,33,34);1H. The number of benzene rings is 2. The van der Waals surface area contributed by atoms with Crippen molar-refractivity contribution in [2.75, 3.05) is 43.9 Å². The van der Waals surface area contributed by atoms with Crippen LogP contribution >= 0.6 is 0 Å². The lowest BCUT2D eigenvalue weighted by atomic mass is 10.1. The smallest absolute Gasteiger partial charge is 0.255 e. The normalized spacial score (nSPS) is 13.9. The monoisotopic (exact) mass is 513 g/mol. The quantitative estimate of drug-likeness (QED) is 0.369. The molecule has 4 aromatic rings. The van der Waals surface area contributed by atoms with Gasteiger partial charge in [0.25, 0.3) is 5.91 Å². The Morgan fingerprint density at radius 1 is 0.974 bits per heavy atom. The third kappa shape index (κ3) is 6.76. The van der Waals surface area contributed by atoms with Gasteiger partial charge in [0.15, 0.2) is 0 Å². The number of nitrogens with zero attached hydrogens (tertiary/aromatic N) is 5. The zero-order valence-electron chi connectivity index (χ0n) is 21.6. The molecule has 0 spiro atoms. The number of halogens is 1. The Hall–Kier alpha value is -4.21. The lowest BCUT2D eigenvalue weighted by Crippen LogP contribution is -2.43. The number of carbonyl (C=O) groups excluding carboxylic acids is 1. The van der Waals surface area contributed by atoms with E-state index >= 15 is 0 Å². The minimum absolute atomic E-state index is 0. The van der Waals surface area contributed by atoms with Crippen molar-refractivity contribution in [2.24, 2.45) is 0 Å². The van der Waals surface area contributed by atoms with Crippen LogP contribution in [0.25, 0.3) is 11.3 Å². The number of likely N-dealkylation sites (N-methyl/N-ethyl adjacent to an activating group) is 1. The van der Waals surface area contributed by atoms with Gasteiger partial charge in [0.1, 0.15) is 0 Å². The van der Waals surface area contributed by atoms with Gasteiger partial charge in [-0.25, -0.2) is 9.97 Å². The first kappa shape index (κ1) is 26.8. The molecule has 2 N–H and O–H groups in total. The first-order valence-corrected chi connectivity index (χ1v) is 12.5. The number of carbonyl (C=O) groups is 1. The molecule has 0 aliphatic carbocycles. The van der Waals surface area contributed by atoms with Crippen molar-refractivity contribution in [1.29, 1.82) is 0 Å². The molecule has 5 rings (SSSR count). The van der Waals surface area contributed by atoms with Gasteiger partial charge < -0.3 is 15.5 Å². The summed E-state index contributed by atoms with van der Waals surface area (Å²) in [4.78, 5) is 30.9. The Kier molecular flexibility index (Phi) is 8.73. The number of amides is 1. The predicted octanol–water partition coefficient (Wildman–Crippen LogP) is 4.74. The van der Waals surface area contributed by atoms with Gasteiger partial charge in [-0.3, -0.25) is 19.4 Å². The molecule has 196 valence electrons. The molecule has 0 bridgehead atoms. The van der Waals surface area contributed by atoms with Gasteiger partial charge in [0, 0.05) is 73.8 Å². The van der Waals surface area contributed by atoms with E-state index in [1.165, 1.54) is 5.56 Å². The van der Waals surface area contributed by atoms with Gasteiger partial charge in [0.2, 0.25) is 5.95 Å². The Morgan fingerprint density at radius 3 is 2.50 bits per heavy atom. The van der Waals surface area contributed by atoms with Gasteiger partial charge in [-0.2, -0.15) is 0 Å². The molecule has 1 aliphatic heterocycles. The number of rotatable bonds is 7. The number of aromatic nitrogens is 3. The van der Waals surface area contributed by atoms with E-state index in [1.807, 2.05) is 67.6 Å². The number of hydrogen-bond acceptors (Lipinski definition) is 7. The second-order valence-electron chi connectivity index (χ2n) is 9.39. The maximum absolute atomic E-state index is 12.9. The Bertz CT molecular complexity index is 1360. The van der Waals surface area contributed by atoms with Gasteiger partial charge in [0.05, 0.1) is 5.69 Å². The first-order chi connectivity index (χ1) is 18.0. The average Bonchev–Trinajstić information content (AvgIpc) is 2.93. The second-order valence-corrected chi connectivity index (χ2v) is 9.39. The SMILES string of the molecule is Cc1ccc(NC(=O)c2ccc(CN3CCN(C)CC3)cc2)cc1Nc1nccc(-c2cccnc2)n1.F. The van der Waals surface area contributed by atoms with Crippen molar-refractivity contribution < 1.29 is 9.50 Å². The molecule has 2 aromatic heterocycles. The van der Waals surface area contributed by atoms with Crippen LogP contribution in [0.4, 0.5) is 22.0 Å². The van der Waals surface area contributed by atoms with Crippen LogP contribution < -0.4 is 10.6 Å². The highest BCUT2D eigenvalue weighted by atomic mass is 19.0. The fourth-order valence-corrected chi connectivity index (χ4v) is 4.28. The van der Waals surface area contributed by atoms with E-state index in [0.717, 1.165) is 55.2 Å². The minimum Gasteiger partial charge on any atom is -0.324 e. The van der Waals surface area contributed by atoms with E-state index in [2.05, 4.69) is 42.4 Å². The molecular formula is C29H32FN7O. The van der Waals surface area contributed by atoms with Crippen LogP contribution in [0.2, 0.25) is 0 Å². The van der Waals surface area contributed by atoms with E-state index < -0.39 is 0 Å². The summed E-state index contributed by atoms with van der Waals surface area (Å²) in [5.74, 6) is 0.333. The molecule has 1 saturated heterocycles. The zero-order chi connectivity index (χ0) is 25.6. The molecular weight excluding hydrogens is 481 g/mol. The van der Waals surface area contributed by atoms with Crippen LogP contribution in [0.1, 0.15) is 21.5 Å². The molecule has 1 fully saturated rings. The molecule has 0 atom stereocenters. The highest BCUT2D eigenvalue weighted by Gasteiger charge is 2.14. The van der Waals surface area contributed by atoms with Crippen LogP contribution in [-0.2, 0) is 6.54 Å². The summed E-state index contributed by atoms with van der Waals surface area (Å²) in [6.45, 7) is 7.24. The largest absolute Gasteiger partial charge is 0.324 e. The molecule has 1 amide bonds. The lowest BCUT2D eigenvalue weighted by Gasteiger charge is -2.32. The van der Waals surface area contributed by atoms with E-state index in [-0.39, 0.29) is 10.6 Å². The van der Waals surface area contributed by atoms with Crippen LogP contribution in [0.15, 0.2) is 79.3 Å². The topological polar surface area (TPSA) is 86.3 Å². The molecule has 0 radical (unpaired) electrons. The molecule has 1 aliphatic rings. The van der Waals surface area contributed by atoms with Gasteiger partial charge in [-0.1, -0.05) is 18.2 Å². The first-order valence-electron chi connectivity index (χ1n) is 12.5. The van der Waals surface area contributed by atoms with E-state index in [1.54, 1.807) is 18.6 Å². The number of aryl methyl sites for hydroxylation is 1. The number of pyridine rings is 1. The maximum atomic E-state index is 12.9. The molecule has 0 unspecified atom stereocenters. The zero-order valence-corrected chi connectivity index (χ0v) is 21.6. The van der Waals surface area contributed by atoms with Crippen molar-refractivity contribution in [3.63, 3.8) is 0 Å². The Morgan fingerprint density at radius 2 is 1.76 bits per heavy atom. The summed E-state index contributed by atoms with van der Waals surface area (Å²) in [5, 5.41) is 6.29. The number of hydrogen-bond donors (Lipinski definition) is 2. The lowest BCUT2D eigenvalue weighted by molar-refractivity contribution is 0.102. The minimum atomic E-state index is -0.143. The number of piperazine rings is 1. The summed E-state index contributed by atoms with van der Waals surface area (Å²) in [6, 6.07) is 19.3. The molecule has 8 nitrogen and oxygen atoms in total. The van der Waals surface area contributed by atoms with Crippen molar-refractivity contribution in [1.82, 2.24) is 24.8 Å². The van der Waals surface area contributed by atoms with Crippen LogP contribution in [0.5, 0.6) is 0 Å². The predicted molar refractivity (Wildman–Crippen MR) is 149 cm³/mol. The van der Waals surface area contributed by atoms with Crippen molar-refractivity contribution in [3.8, 4) is 11.3 Å². The van der Waals surface area contributed by atoms with Gasteiger partial charge >= 0.3 is 0 Å². The third-order valence-electron chi connectivity index (χ3n) is 6.57. The summed E-state index contributed by atoms with van der Waals surface area (Å²) in [6.07, 6.45) is 5.22. The molecule has 0 saturated carbocycles. The van der Waals surface area contributed by atoms with Crippen LogP contribution in [0, 0.1) is 6.92 Å². The van der Waals surface area contributed by atoms with Crippen molar-refractivity contribution >= 4 is 23.2 Å². The fraction of sp³-hybridized carbons (Fsp3) is 0.241. The van der Waals surface area contributed by atoms with E-state index in [0.29, 0.717) is 17.2 Å². The van der Waals surface area contributed by atoms with E-state index in [4.69, 9.17) is 0 Å². The summed E-state index contributed by atoms with van der Waals surface area (Å²) in [5.41, 5.74) is 6.08.